The molecule has 0 N–H and O–H groups in total. The molecule has 0 radical (unpaired) electrons. The molecule has 60 valence electrons. The number of carbonyl (C=O) groups is 1. The number of amides is 1. The van der Waals surface area contributed by atoms with Crippen molar-refractivity contribution in [2.24, 2.45) is 5.41 Å². The van der Waals surface area contributed by atoms with Crippen LogP contribution in [0.4, 0.5) is 0 Å². The maximum atomic E-state index is 11.3. The summed E-state index contributed by atoms with van der Waals surface area (Å²) in [6.07, 6.45) is 0. The molecule has 0 aromatic heterocycles. The topological polar surface area (TPSA) is 20.3 Å². The van der Waals surface area contributed by atoms with Gasteiger partial charge in [-0.1, -0.05) is 36.4 Å². The molecule has 0 fully saturated rings. The van der Waals surface area contributed by atoms with Crippen molar-refractivity contribution in [1.29, 1.82) is 0 Å². The molecule has 0 aliphatic heterocycles. The normalized spacial score (nSPS) is 11.3. The smallest absolute Gasteiger partial charge is 0.228 e. The zero-order chi connectivity index (χ0) is 8.36. The summed E-state index contributed by atoms with van der Waals surface area (Å²) in [7, 11) is 3.58. The highest BCUT2D eigenvalue weighted by Crippen LogP contribution is 2.20. The fourth-order valence-corrected chi connectivity index (χ4v) is 0.989. The van der Waals surface area contributed by atoms with Crippen molar-refractivity contribution in [2.75, 3.05) is 18.5 Å². The van der Waals surface area contributed by atoms with E-state index in [1.165, 1.54) is 0 Å². The van der Waals surface area contributed by atoms with Crippen molar-refractivity contribution >= 4 is 28.5 Å². The molecule has 0 heterocycles. The Labute approximate surface area is 76.1 Å². The Balaban J connectivity index is 4.19. The van der Waals surface area contributed by atoms with E-state index < -0.39 is 0 Å². The molecule has 0 bridgehead atoms. The molecule has 10 heavy (non-hydrogen) atoms. The first kappa shape index (κ1) is 10.2. The minimum absolute atomic E-state index is 0.196. The van der Waals surface area contributed by atoms with Crippen molar-refractivity contribution in [2.45, 2.75) is 13.8 Å². The molecule has 0 saturated heterocycles. The highest BCUT2D eigenvalue weighted by molar-refractivity contribution is 14.1. The molecule has 0 aliphatic rings. The summed E-state index contributed by atoms with van der Waals surface area (Å²) in [6, 6.07) is 0. The van der Waals surface area contributed by atoms with Crippen molar-refractivity contribution in [3.8, 4) is 0 Å². The maximum Gasteiger partial charge on any atom is 0.228 e. The second-order valence-electron chi connectivity index (χ2n) is 3.22. The van der Waals surface area contributed by atoms with E-state index in [0.29, 0.717) is 0 Å². The van der Waals surface area contributed by atoms with Crippen LogP contribution >= 0.6 is 22.6 Å². The van der Waals surface area contributed by atoms with E-state index in [9.17, 15) is 4.79 Å². The average molecular weight is 255 g/mol. The molecule has 0 rings (SSSR count). The molecule has 0 unspecified atom stereocenters. The predicted molar refractivity (Wildman–Crippen MR) is 51.4 cm³/mol. The lowest BCUT2D eigenvalue weighted by Crippen LogP contribution is -2.36. The predicted octanol–water partition coefficient (Wildman–Crippen LogP) is 1.54. The van der Waals surface area contributed by atoms with Gasteiger partial charge in [0.25, 0.3) is 0 Å². The molecule has 0 atom stereocenters. The van der Waals surface area contributed by atoms with Crippen LogP contribution in [0, 0.1) is 5.41 Å². The third kappa shape index (κ3) is 2.44. The monoisotopic (exact) mass is 255 g/mol. The van der Waals surface area contributed by atoms with E-state index in [4.69, 9.17) is 0 Å². The fraction of sp³-hybridized carbons (Fsp3) is 0.857. The van der Waals surface area contributed by atoms with Gasteiger partial charge >= 0.3 is 0 Å². The van der Waals surface area contributed by atoms with Gasteiger partial charge in [0.15, 0.2) is 0 Å². The van der Waals surface area contributed by atoms with Gasteiger partial charge in [0, 0.05) is 18.5 Å². The van der Waals surface area contributed by atoms with Gasteiger partial charge in [-0.2, -0.15) is 0 Å². The van der Waals surface area contributed by atoms with Gasteiger partial charge in [0.05, 0.1) is 5.41 Å². The summed E-state index contributed by atoms with van der Waals surface area (Å²) in [6.45, 7) is 3.92. The van der Waals surface area contributed by atoms with Crippen LogP contribution in [0.1, 0.15) is 13.8 Å². The number of halogens is 1. The summed E-state index contributed by atoms with van der Waals surface area (Å²) in [4.78, 5) is 13.0. The second-order valence-corrected chi connectivity index (χ2v) is 3.98. The SMILES string of the molecule is CN(C)C(=O)C(C)(C)CI. The molecule has 1 amide bonds. The van der Waals surface area contributed by atoms with Crippen LogP contribution in [0.3, 0.4) is 0 Å². The van der Waals surface area contributed by atoms with Gasteiger partial charge in [-0.25, -0.2) is 0 Å². The van der Waals surface area contributed by atoms with Crippen LogP contribution in [0.15, 0.2) is 0 Å². The molecule has 0 aliphatic carbocycles. The molecular weight excluding hydrogens is 241 g/mol. The van der Waals surface area contributed by atoms with Crippen LogP contribution in [0.2, 0.25) is 0 Å². The minimum atomic E-state index is -0.204. The van der Waals surface area contributed by atoms with Crippen LogP contribution in [-0.2, 0) is 4.79 Å². The Morgan fingerprint density at radius 2 is 1.90 bits per heavy atom. The lowest BCUT2D eigenvalue weighted by Gasteiger charge is -2.24. The second kappa shape index (κ2) is 3.55. The summed E-state index contributed by atoms with van der Waals surface area (Å²) in [5.41, 5.74) is -0.204. The van der Waals surface area contributed by atoms with Gasteiger partial charge in [0.1, 0.15) is 0 Å². The summed E-state index contributed by atoms with van der Waals surface area (Å²) in [5.74, 6) is 0.196. The fourth-order valence-electron chi connectivity index (χ4n) is 0.662. The van der Waals surface area contributed by atoms with Gasteiger partial charge in [-0.05, 0) is 0 Å². The molecular formula is C7H14INO. The van der Waals surface area contributed by atoms with Crippen LogP contribution < -0.4 is 0 Å². The number of rotatable bonds is 2. The third-order valence-corrected chi connectivity index (χ3v) is 3.23. The highest BCUT2D eigenvalue weighted by Gasteiger charge is 2.27. The Hall–Kier alpha value is 0.200. The van der Waals surface area contributed by atoms with Gasteiger partial charge in [-0.15, -0.1) is 0 Å². The number of hydrogen-bond acceptors (Lipinski definition) is 1. The van der Waals surface area contributed by atoms with Gasteiger partial charge in [0.2, 0.25) is 5.91 Å². The lowest BCUT2D eigenvalue weighted by molar-refractivity contribution is -0.136. The van der Waals surface area contributed by atoms with Crippen molar-refractivity contribution in [3.05, 3.63) is 0 Å². The molecule has 2 nitrogen and oxygen atoms in total. The van der Waals surface area contributed by atoms with E-state index in [2.05, 4.69) is 22.6 Å². The third-order valence-electron chi connectivity index (χ3n) is 1.32. The Morgan fingerprint density at radius 1 is 1.50 bits per heavy atom. The standard InChI is InChI=1S/C7H14INO/c1-7(2,5-8)6(10)9(3)4/h5H2,1-4H3. The van der Waals surface area contributed by atoms with E-state index >= 15 is 0 Å². The number of carbonyl (C=O) groups excluding carboxylic acids is 1. The molecule has 0 aromatic rings. The van der Waals surface area contributed by atoms with E-state index in [0.717, 1.165) is 4.43 Å². The van der Waals surface area contributed by atoms with E-state index in [-0.39, 0.29) is 11.3 Å². The van der Waals surface area contributed by atoms with Crippen LogP contribution in [0.5, 0.6) is 0 Å². The van der Waals surface area contributed by atoms with Crippen LogP contribution in [0.25, 0.3) is 0 Å². The van der Waals surface area contributed by atoms with Crippen LogP contribution in [-0.4, -0.2) is 29.3 Å². The lowest BCUT2D eigenvalue weighted by atomic mass is 9.95. The summed E-state index contributed by atoms with van der Waals surface area (Å²) < 4.78 is 0.863. The zero-order valence-electron chi connectivity index (χ0n) is 6.94. The zero-order valence-corrected chi connectivity index (χ0v) is 9.10. The Bertz CT molecular complexity index is 132. The molecule has 0 aromatic carbocycles. The summed E-state index contributed by atoms with van der Waals surface area (Å²) in [5, 5.41) is 0. The maximum absolute atomic E-state index is 11.3. The first-order valence-electron chi connectivity index (χ1n) is 3.19. The Kier molecular flexibility index (Phi) is 3.62. The number of alkyl halides is 1. The number of hydrogen-bond donors (Lipinski definition) is 0. The first-order chi connectivity index (χ1) is 4.41. The Morgan fingerprint density at radius 3 is 2.00 bits per heavy atom. The molecule has 0 saturated carbocycles. The molecule has 3 heteroatoms. The van der Waals surface area contributed by atoms with Crippen molar-refractivity contribution in [1.82, 2.24) is 4.90 Å². The summed E-state index contributed by atoms with van der Waals surface area (Å²) >= 11 is 2.23. The largest absolute Gasteiger partial charge is 0.348 e. The van der Waals surface area contributed by atoms with Gasteiger partial charge in [-0.3, -0.25) is 4.79 Å². The minimum Gasteiger partial charge on any atom is -0.348 e. The van der Waals surface area contributed by atoms with E-state index in [1.54, 1.807) is 19.0 Å². The molecule has 0 spiro atoms. The average Bonchev–Trinajstić information content (AvgIpc) is 1.86. The number of nitrogens with zero attached hydrogens (tertiary/aromatic N) is 1. The van der Waals surface area contributed by atoms with Gasteiger partial charge < -0.3 is 4.90 Å². The first-order valence-corrected chi connectivity index (χ1v) is 4.72. The van der Waals surface area contributed by atoms with E-state index in [1.807, 2.05) is 13.8 Å². The van der Waals surface area contributed by atoms with Crippen molar-refractivity contribution in [3.63, 3.8) is 0 Å². The highest BCUT2D eigenvalue weighted by atomic mass is 127. The quantitative estimate of drug-likeness (QED) is 0.541. The van der Waals surface area contributed by atoms with Crippen molar-refractivity contribution < 1.29 is 4.79 Å².